The van der Waals surface area contributed by atoms with Gasteiger partial charge in [0.15, 0.2) is 0 Å². The maximum absolute atomic E-state index is 14.8. The van der Waals surface area contributed by atoms with Crippen LogP contribution in [0, 0.1) is 17.8 Å². The van der Waals surface area contributed by atoms with Crippen LogP contribution in [-0.2, 0) is 20.9 Å². The standard InChI is InChI=1S/C35H51N3O4S/c1-7-11-15-22-36(20-8-2)33(42)30-35-19-18-34(6,43-35)28(29(35)32(41)38(30)27(24-39)25(5)10-4)31(40)37(21-9-3)23-26-16-13-12-14-17-26/h8-9,12-14,16-17,25,27-30,39H,2-3,7,10-11,15,18-24H2,1,4-6H3/t25-,27-,28-,29-,30?,34+,35?/m0/s1. The van der Waals surface area contributed by atoms with Crippen molar-refractivity contribution in [3.63, 3.8) is 0 Å². The third-order valence-electron chi connectivity index (χ3n) is 10.1. The average molecular weight is 610 g/mol. The van der Waals surface area contributed by atoms with E-state index in [-0.39, 0.29) is 30.2 Å². The van der Waals surface area contributed by atoms with Crippen molar-refractivity contribution in [2.45, 2.75) is 94.3 Å². The molecule has 1 aromatic rings. The molecule has 3 heterocycles. The number of hydrogen-bond acceptors (Lipinski definition) is 5. The van der Waals surface area contributed by atoms with Crippen LogP contribution in [0.15, 0.2) is 55.6 Å². The lowest BCUT2D eigenvalue weighted by molar-refractivity contribution is -0.148. The van der Waals surface area contributed by atoms with Crippen LogP contribution in [0.25, 0.3) is 0 Å². The molecule has 236 valence electrons. The number of carbonyl (C=O) groups excluding carboxylic acids is 3. The predicted molar refractivity (Wildman–Crippen MR) is 174 cm³/mol. The van der Waals surface area contributed by atoms with Crippen LogP contribution in [0.5, 0.6) is 0 Å². The number of hydrogen-bond donors (Lipinski definition) is 1. The topological polar surface area (TPSA) is 81.2 Å². The average Bonchev–Trinajstić information content (AvgIpc) is 3.57. The molecule has 3 aliphatic rings. The highest BCUT2D eigenvalue weighted by Crippen LogP contribution is 2.72. The Morgan fingerprint density at radius 3 is 2.37 bits per heavy atom. The van der Waals surface area contributed by atoms with Crippen molar-refractivity contribution in [3.8, 4) is 0 Å². The third-order valence-corrected chi connectivity index (χ3v) is 12.1. The van der Waals surface area contributed by atoms with Gasteiger partial charge in [-0.25, -0.2) is 0 Å². The zero-order valence-electron chi connectivity index (χ0n) is 26.5. The molecule has 2 bridgehead atoms. The van der Waals surface area contributed by atoms with E-state index in [9.17, 15) is 19.5 Å². The first-order chi connectivity index (χ1) is 20.6. The van der Waals surface area contributed by atoms with E-state index in [1.807, 2.05) is 54.0 Å². The molecule has 7 atom stereocenters. The van der Waals surface area contributed by atoms with E-state index < -0.39 is 33.4 Å². The monoisotopic (exact) mass is 609 g/mol. The number of amides is 3. The van der Waals surface area contributed by atoms with E-state index in [1.54, 1.807) is 28.8 Å². The molecule has 43 heavy (non-hydrogen) atoms. The van der Waals surface area contributed by atoms with Crippen LogP contribution in [-0.4, -0.2) is 85.3 Å². The second-order valence-electron chi connectivity index (χ2n) is 12.9. The summed E-state index contributed by atoms with van der Waals surface area (Å²) in [6.45, 7) is 17.7. The Kier molecular flexibility index (Phi) is 10.9. The fourth-order valence-electron chi connectivity index (χ4n) is 7.75. The minimum absolute atomic E-state index is 0.00490. The Balaban J connectivity index is 1.79. The highest BCUT2D eigenvalue weighted by Gasteiger charge is 2.78. The maximum atomic E-state index is 14.8. The lowest BCUT2D eigenvalue weighted by Crippen LogP contribution is -2.58. The van der Waals surface area contributed by atoms with Gasteiger partial charge in [0, 0.05) is 30.9 Å². The molecule has 3 fully saturated rings. The number of benzene rings is 1. The molecular formula is C35H51N3O4S. The molecule has 1 N–H and O–H groups in total. The van der Waals surface area contributed by atoms with Crippen LogP contribution in [0.1, 0.15) is 71.8 Å². The number of aliphatic hydroxyl groups is 1. The minimum atomic E-state index is -0.732. The number of carbonyl (C=O) groups is 3. The Bertz CT molecular complexity index is 1180. The van der Waals surface area contributed by atoms with Gasteiger partial charge in [0.1, 0.15) is 6.04 Å². The number of aliphatic hydroxyl groups excluding tert-OH is 1. The normalized spacial score (nSPS) is 28.8. The first-order valence-electron chi connectivity index (χ1n) is 16.1. The minimum Gasteiger partial charge on any atom is -0.394 e. The second-order valence-corrected chi connectivity index (χ2v) is 14.8. The molecule has 8 heteroatoms. The van der Waals surface area contributed by atoms with E-state index in [2.05, 4.69) is 27.0 Å². The molecule has 3 aliphatic heterocycles. The van der Waals surface area contributed by atoms with Gasteiger partial charge in [-0.2, -0.15) is 0 Å². The van der Waals surface area contributed by atoms with Crippen molar-refractivity contribution in [1.82, 2.24) is 14.7 Å². The molecule has 1 aromatic carbocycles. The Labute approximate surface area is 262 Å². The summed E-state index contributed by atoms with van der Waals surface area (Å²) in [6, 6.07) is 8.66. The smallest absolute Gasteiger partial charge is 0.247 e. The summed E-state index contributed by atoms with van der Waals surface area (Å²) in [5.41, 5.74) is 1.02. The Morgan fingerprint density at radius 2 is 1.77 bits per heavy atom. The Hall–Kier alpha value is -2.58. The van der Waals surface area contributed by atoms with Crippen molar-refractivity contribution in [2.24, 2.45) is 17.8 Å². The van der Waals surface area contributed by atoms with Crippen LogP contribution in [0.2, 0.25) is 0 Å². The second kappa shape index (κ2) is 14.0. The maximum Gasteiger partial charge on any atom is 0.247 e. The molecule has 0 radical (unpaired) electrons. The number of thioether (sulfide) groups is 1. The lowest BCUT2D eigenvalue weighted by Gasteiger charge is -2.41. The first-order valence-corrected chi connectivity index (χ1v) is 16.9. The van der Waals surface area contributed by atoms with Gasteiger partial charge in [0.05, 0.1) is 29.2 Å². The van der Waals surface area contributed by atoms with Gasteiger partial charge < -0.3 is 19.8 Å². The fourth-order valence-corrected chi connectivity index (χ4v) is 10.1. The van der Waals surface area contributed by atoms with Gasteiger partial charge in [0.25, 0.3) is 0 Å². The molecule has 0 aromatic heterocycles. The van der Waals surface area contributed by atoms with Crippen molar-refractivity contribution < 1.29 is 19.5 Å². The first kappa shape index (κ1) is 33.3. The third kappa shape index (κ3) is 6.06. The summed E-state index contributed by atoms with van der Waals surface area (Å²) in [7, 11) is 0. The molecule has 3 saturated heterocycles. The molecule has 0 saturated carbocycles. The lowest BCUT2D eigenvalue weighted by atomic mass is 9.66. The van der Waals surface area contributed by atoms with Gasteiger partial charge in [-0.15, -0.1) is 24.9 Å². The molecule has 1 spiro atoms. The van der Waals surface area contributed by atoms with Gasteiger partial charge in [-0.3, -0.25) is 14.4 Å². The quantitative estimate of drug-likeness (QED) is 0.203. The van der Waals surface area contributed by atoms with Crippen LogP contribution in [0.3, 0.4) is 0 Å². The zero-order valence-corrected chi connectivity index (χ0v) is 27.4. The van der Waals surface area contributed by atoms with Crippen LogP contribution < -0.4 is 0 Å². The SMILES string of the molecule is C=CCN(CCCCC)C(=O)C1N([C@@H](CO)[C@@H](C)CC)C(=O)[C@@H]2[C@@H](C(=O)N(CC=C)Cc3ccccc3)[C@@]3(C)CCC12S3. The molecule has 4 rings (SSSR count). The number of nitrogens with zero attached hydrogens (tertiary/aromatic N) is 3. The van der Waals surface area contributed by atoms with E-state index in [4.69, 9.17) is 0 Å². The van der Waals surface area contributed by atoms with Gasteiger partial charge in [0.2, 0.25) is 17.7 Å². The molecule has 2 unspecified atom stereocenters. The van der Waals surface area contributed by atoms with Gasteiger partial charge in [-0.05, 0) is 37.7 Å². The van der Waals surface area contributed by atoms with Gasteiger partial charge >= 0.3 is 0 Å². The molecular weight excluding hydrogens is 558 g/mol. The molecule has 3 amide bonds. The van der Waals surface area contributed by atoms with Crippen molar-refractivity contribution in [2.75, 3.05) is 26.2 Å². The molecule has 0 aliphatic carbocycles. The van der Waals surface area contributed by atoms with Gasteiger partial charge in [-0.1, -0.05) is 82.5 Å². The van der Waals surface area contributed by atoms with Crippen LogP contribution in [0.4, 0.5) is 0 Å². The summed E-state index contributed by atoms with van der Waals surface area (Å²) in [4.78, 5) is 49.4. The van der Waals surface area contributed by atoms with Crippen molar-refractivity contribution in [1.29, 1.82) is 0 Å². The van der Waals surface area contributed by atoms with Crippen LogP contribution >= 0.6 is 11.8 Å². The summed E-state index contributed by atoms with van der Waals surface area (Å²) < 4.78 is -1.18. The molecule has 7 nitrogen and oxygen atoms in total. The number of rotatable bonds is 16. The summed E-state index contributed by atoms with van der Waals surface area (Å²) in [6.07, 6.45) is 8.63. The number of unbranched alkanes of at least 4 members (excludes halogenated alkanes) is 2. The fraction of sp³-hybridized carbons (Fsp3) is 0.629. The summed E-state index contributed by atoms with van der Waals surface area (Å²) >= 11 is 1.69. The van der Waals surface area contributed by atoms with E-state index in [0.717, 1.165) is 37.7 Å². The zero-order chi connectivity index (χ0) is 31.4. The van der Waals surface area contributed by atoms with Crippen molar-refractivity contribution >= 4 is 29.5 Å². The Morgan fingerprint density at radius 1 is 1.09 bits per heavy atom. The largest absolute Gasteiger partial charge is 0.394 e. The predicted octanol–water partition coefficient (Wildman–Crippen LogP) is 5.29. The van der Waals surface area contributed by atoms with E-state index in [0.29, 0.717) is 32.6 Å². The highest BCUT2D eigenvalue weighted by molar-refractivity contribution is 8.02. The summed E-state index contributed by atoms with van der Waals surface area (Å²) in [5.74, 6) is -1.48. The van der Waals surface area contributed by atoms with E-state index >= 15 is 0 Å². The number of likely N-dealkylation sites (tertiary alicyclic amines) is 1. The summed E-state index contributed by atoms with van der Waals surface area (Å²) in [5, 5.41) is 10.7. The van der Waals surface area contributed by atoms with E-state index in [1.165, 1.54) is 0 Å². The number of fused-ring (bicyclic) bond motifs is 1. The van der Waals surface area contributed by atoms with Crippen molar-refractivity contribution in [3.05, 3.63) is 61.2 Å². The highest BCUT2D eigenvalue weighted by atomic mass is 32.2.